The maximum absolute atomic E-state index is 10.5. The summed E-state index contributed by atoms with van der Waals surface area (Å²) in [5, 5.41) is 21.3. The predicted octanol–water partition coefficient (Wildman–Crippen LogP) is 2.13. The van der Waals surface area contributed by atoms with Crippen molar-refractivity contribution in [2.75, 3.05) is 0 Å². The van der Waals surface area contributed by atoms with E-state index >= 15 is 0 Å². The van der Waals surface area contributed by atoms with E-state index in [1.54, 1.807) is 0 Å². The minimum atomic E-state index is -0.623. The second kappa shape index (κ2) is 4.81. The first-order valence-corrected chi connectivity index (χ1v) is 5.67. The van der Waals surface area contributed by atoms with Crippen LogP contribution in [0.25, 0.3) is 11.7 Å². The number of nitrogens with one attached hydrogen (secondary N) is 1. The largest absolute Gasteiger partial charge is 0.433 e. The standard InChI is InChI=1S/C11H14N4O4/c1-11(2,3)12-6-8-13-14-10(19-8)7-4-5-9(18-7)15(16)17/h4-5,12H,6H2,1-3H3. The van der Waals surface area contributed by atoms with Crippen LogP contribution in [0.5, 0.6) is 0 Å². The molecule has 0 saturated carbocycles. The lowest BCUT2D eigenvalue weighted by molar-refractivity contribution is -0.401. The van der Waals surface area contributed by atoms with E-state index in [1.807, 2.05) is 20.8 Å². The zero-order valence-corrected chi connectivity index (χ0v) is 10.8. The lowest BCUT2D eigenvalue weighted by Gasteiger charge is -2.18. The SMILES string of the molecule is CC(C)(C)NCc1nnc(-c2ccc([N+](=O)[O-])o2)o1. The van der Waals surface area contributed by atoms with E-state index in [-0.39, 0.29) is 23.1 Å². The van der Waals surface area contributed by atoms with E-state index < -0.39 is 4.92 Å². The van der Waals surface area contributed by atoms with Gasteiger partial charge in [0.15, 0.2) is 5.76 Å². The molecule has 0 aliphatic carbocycles. The number of rotatable bonds is 4. The van der Waals surface area contributed by atoms with Crippen LogP contribution < -0.4 is 5.32 Å². The lowest BCUT2D eigenvalue weighted by Crippen LogP contribution is -2.35. The molecule has 2 rings (SSSR count). The molecule has 102 valence electrons. The highest BCUT2D eigenvalue weighted by atomic mass is 16.6. The summed E-state index contributed by atoms with van der Waals surface area (Å²) in [5.74, 6) is 0.339. The van der Waals surface area contributed by atoms with Gasteiger partial charge in [0.05, 0.1) is 12.6 Å². The predicted molar refractivity (Wildman–Crippen MR) is 65.2 cm³/mol. The van der Waals surface area contributed by atoms with Gasteiger partial charge in [0.25, 0.3) is 5.89 Å². The highest BCUT2D eigenvalue weighted by Crippen LogP contribution is 2.24. The quantitative estimate of drug-likeness (QED) is 0.667. The van der Waals surface area contributed by atoms with Crippen LogP contribution in [0.1, 0.15) is 26.7 Å². The molecule has 0 amide bonds. The minimum Gasteiger partial charge on any atom is -0.417 e. The van der Waals surface area contributed by atoms with Crippen LogP contribution in [0.3, 0.4) is 0 Å². The maximum Gasteiger partial charge on any atom is 0.433 e. The lowest BCUT2D eigenvalue weighted by atomic mass is 10.1. The van der Waals surface area contributed by atoms with Crippen LogP contribution in [0.2, 0.25) is 0 Å². The molecule has 0 radical (unpaired) electrons. The zero-order valence-electron chi connectivity index (χ0n) is 10.8. The summed E-state index contributed by atoms with van der Waals surface area (Å²) >= 11 is 0. The van der Waals surface area contributed by atoms with E-state index in [2.05, 4.69) is 15.5 Å². The van der Waals surface area contributed by atoms with Crippen molar-refractivity contribution >= 4 is 5.88 Å². The first-order chi connectivity index (χ1) is 8.85. The number of aromatic nitrogens is 2. The second-order valence-corrected chi connectivity index (χ2v) is 5.00. The third kappa shape index (κ3) is 3.38. The van der Waals surface area contributed by atoms with Crippen LogP contribution in [0.15, 0.2) is 21.0 Å². The summed E-state index contributed by atoms with van der Waals surface area (Å²) in [6.07, 6.45) is 0. The Bertz CT molecular complexity index is 582. The highest BCUT2D eigenvalue weighted by molar-refractivity contribution is 5.45. The van der Waals surface area contributed by atoms with Gasteiger partial charge in [-0.25, -0.2) is 0 Å². The molecule has 0 bridgehead atoms. The molecule has 8 heteroatoms. The highest BCUT2D eigenvalue weighted by Gasteiger charge is 2.18. The van der Waals surface area contributed by atoms with Crippen molar-refractivity contribution < 1.29 is 13.8 Å². The normalized spacial score (nSPS) is 11.7. The van der Waals surface area contributed by atoms with Crippen LogP contribution in [-0.4, -0.2) is 20.7 Å². The molecule has 19 heavy (non-hydrogen) atoms. The van der Waals surface area contributed by atoms with Gasteiger partial charge in [0.1, 0.15) is 4.92 Å². The molecule has 2 aromatic heterocycles. The molecular formula is C11H14N4O4. The van der Waals surface area contributed by atoms with Crippen molar-refractivity contribution in [1.82, 2.24) is 15.5 Å². The van der Waals surface area contributed by atoms with Crippen molar-refractivity contribution in [2.24, 2.45) is 0 Å². The summed E-state index contributed by atoms with van der Waals surface area (Å²) in [7, 11) is 0. The summed E-state index contributed by atoms with van der Waals surface area (Å²) in [4.78, 5) is 9.88. The van der Waals surface area contributed by atoms with Crippen LogP contribution in [0.4, 0.5) is 5.88 Å². The van der Waals surface area contributed by atoms with Gasteiger partial charge in [-0.15, -0.1) is 10.2 Å². The monoisotopic (exact) mass is 266 g/mol. The number of hydrogen-bond donors (Lipinski definition) is 1. The van der Waals surface area contributed by atoms with Gasteiger partial charge < -0.3 is 14.2 Å². The molecule has 8 nitrogen and oxygen atoms in total. The van der Waals surface area contributed by atoms with Crippen molar-refractivity contribution in [3.05, 3.63) is 28.1 Å². The average Bonchev–Trinajstić information content (AvgIpc) is 2.94. The molecule has 0 fully saturated rings. The molecule has 0 aromatic carbocycles. The summed E-state index contributed by atoms with van der Waals surface area (Å²) in [6.45, 7) is 6.46. The van der Waals surface area contributed by atoms with Gasteiger partial charge in [-0.1, -0.05) is 0 Å². The number of furan rings is 1. The van der Waals surface area contributed by atoms with E-state index in [4.69, 9.17) is 8.83 Å². The van der Waals surface area contributed by atoms with Crippen molar-refractivity contribution in [3.8, 4) is 11.7 Å². The first-order valence-electron chi connectivity index (χ1n) is 5.67. The Hall–Kier alpha value is -2.22. The fourth-order valence-electron chi connectivity index (χ4n) is 1.31. The fourth-order valence-corrected chi connectivity index (χ4v) is 1.31. The Labute approximate surface area is 109 Å². The van der Waals surface area contributed by atoms with E-state index in [9.17, 15) is 10.1 Å². The number of nitrogens with zero attached hydrogens (tertiary/aromatic N) is 3. The molecule has 1 N–H and O–H groups in total. The van der Waals surface area contributed by atoms with Crippen LogP contribution in [0, 0.1) is 10.1 Å². The average molecular weight is 266 g/mol. The Balaban J connectivity index is 2.09. The second-order valence-electron chi connectivity index (χ2n) is 5.00. The Morgan fingerprint density at radius 3 is 2.63 bits per heavy atom. The van der Waals surface area contributed by atoms with Crippen molar-refractivity contribution in [2.45, 2.75) is 32.9 Å². The minimum absolute atomic E-state index is 0.0713. The molecule has 0 aliphatic rings. The summed E-state index contributed by atoms with van der Waals surface area (Å²) in [5.41, 5.74) is -0.0713. The third-order valence-corrected chi connectivity index (χ3v) is 2.22. The van der Waals surface area contributed by atoms with Gasteiger partial charge in [-0.05, 0) is 26.8 Å². The maximum atomic E-state index is 10.5. The van der Waals surface area contributed by atoms with E-state index in [0.29, 0.717) is 12.4 Å². The van der Waals surface area contributed by atoms with Gasteiger partial charge in [-0.3, -0.25) is 10.1 Å². The van der Waals surface area contributed by atoms with Crippen molar-refractivity contribution in [3.63, 3.8) is 0 Å². The Morgan fingerprint density at radius 2 is 2.05 bits per heavy atom. The Morgan fingerprint density at radius 1 is 1.32 bits per heavy atom. The van der Waals surface area contributed by atoms with Crippen LogP contribution >= 0.6 is 0 Å². The molecule has 0 saturated heterocycles. The number of hydrogen-bond acceptors (Lipinski definition) is 7. The van der Waals surface area contributed by atoms with E-state index in [0.717, 1.165) is 0 Å². The fraction of sp³-hybridized carbons (Fsp3) is 0.455. The van der Waals surface area contributed by atoms with Gasteiger partial charge in [-0.2, -0.15) is 0 Å². The summed E-state index contributed by atoms with van der Waals surface area (Å²) in [6, 6.07) is 2.67. The molecule has 2 heterocycles. The molecule has 0 spiro atoms. The van der Waals surface area contributed by atoms with Crippen molar-refractivity contribution in [1.29, 1.82) is 0 Å². The van der Waals surface area contributed by atoms with Gasteiger partial charge in [0, 0.05) is 5.54 Å². The number of nitro groups is 1. The molecule has 2 aromatic rings. The molecule has 0 atom stereocenters. The zero-order chi connectivity index (χ0) is 14.0. The van der Waals surface area contributed by atoms with Gasteiger partial charge in [0.2, 0.25) is 5.89 Å². The smallest absolute Gasteiger partial charge is 0.417 e. The third-order valence-electron chi connectivity index (χ3n) is 2.22. The first kappa shape index (κ1) is 13.2. The topological polar surface area (TPSA) is 107 Å². The molecule has 0 unspecified atom stereocenters. The molecule has 0 aliphatic heterocycles. The van der Waals surface area contributed by atoms with E-state index in [1.165, 1.54) is 12.1 Å². The van der Waals surface area contributed by atoms with Crippen LogP contribution in [-0.2, 0) is 6.54 Å². The summed E-state index contributed by atoms with van der Waals surface area (Å²) < 4.78 is 10.3. The molecular weight excluding hydrogens is 252 g/mol. The van der Waals surface area contributed by atoms with Gasteiger partial charge >= 0.3 is 5.88 Å². The Kier molecular flexibility index (Phi) is 3.34.